The highest BCUT2D eigenvalue weighted by Crippen LogP contribution is 2.22. The smallest absolute Gasteiger partial charge is 0.221 e. The molecule has 2 rings (SSSR count). The number of nitrogens with zero attached hydrogens (tertiary/aromatic N) is 4. The van der Waals surface area contributed by atoms with Crippen molar-refractivity contribution in [3.05, 3.63) is 29.7 Å². The maximum Gasteiger partial charge on any atom is 0.221 e. The Labute approximate surface area is 97.6 Å². The minimum absolute atomic E-state index is 0.259. The summed E-state index contributed by atoms with van der Waals surface area (Å²) in [6.45, 7) is 3.88. The van der Waals surface area contributed by atoms with Crippen molar-refractivity contribution in [3.8, 4) is 0 Å². The molecule has 0 fully saturated rings. The lowest BCUT2D eigenvalue weighted by molar-refractivity contribution is 0.898. The molecule has 82 valence electrons. The SMILES string of the molecule is Cc1cc(C)nc(Sc2ccnc(N)n2)n1. The van der Waals surface area contributed by atoms with Crippen LogP contribution in [0.25, 0.3) is 0 Å². The summed E-state index contributed by atoms with van der Waals surface area (Å²) in [5, 5.41) is 1.42. The average molecular weight is 233 g/mol. The first-order valence-electron chi connectivity index (χ1n) is 4.72. The maximum absolute atomic E-state index is 5.50. The van der Waals surface area contributed by atoms with Crippen molar-refractivity contribution >= 4 is 17.7 Å². The first kappa shape index (κ1) is 10.8. The van der Waals surface area contributed by atoms with Gasteiger partial charge in [-0.25, -0.2) is 19.9 Å². The van der Waals surface area contributed by atoms with E-state index in [2.05, 4.69) is 19.9 Å². The molecule has 0 aromatic carbocycles. The molecule has 2 N–H and O–H groups in total. The number of aryl methyl sites for hydroxylation is 2. The average Bonchev–Trinajstić information content (AvgIpc) is 2.15. The number of aromatic nitrogens is 4. The lowest BCUT2D eigenvalue weighted by Gasteiger charge is -2.02. The van der Waals surface area contributed by atoms with Gasteiger partial charge >= 0.3 is 0 Å². The standard InChI is InChI=1S/C10H11N5S/c1-6-5-7(2)14-10(13-6)16-8-3-4-12-9(11)15-8/h3-5H,1-2H3,(H2,11,12,15). The fraction of sp³-hybridized carbons (Fsp3) is 0.200. The minimum atomic E-state index is 0.259. The number of anilines is 1. The lowest BCUT2D eigenvalue weighted by atomic mass is 10.4. The van der Waals surface area contributed by atoms with Crippen LogP contribution in [0.15, 0.2) is 28.5 Å². The molecular formula is C10H11N5S. The van der Waals surface area contributed by atoms with Gasteiger partial charge < -0.3 is 5.73 Å². The Morgan fingerprint density at radius 2 is 1.81 bits per heavy atom. The molecule has 2 aromatic heterocycles. The van der Waals surface area contributed by atoms with Gasteiger partial charge in [0.1, 0.15) is 5.03 Å². The molecule has 2 heterocycles. The predicted molar refractivity (Wildman–Crippen MR) is 62.1 cm³/mol. The molecule has 0 saturated carbocycles. The van der Waals surface area contributed by atoms with Gasteiger partial charge in [-0.15, -0.1) is 0 Å². The van der Waals surface area contributed by atoms with Crippen molar-refractivity contribution in [1.29, 1.82) is 0 Å². The van der Waals surface area contributed by atoms with Crippen LogP contribution in [-0.2, 0) is 0 Å². The second-order valence-corrected chi connectivity index (χ2v) is 4.28. The monoisotopic (exact) mass is 233 g/mol. The first-order chi connectivity index (χ1) is 7.63. The van der Waals surface area contributed by atoms with E-state index < -0.39 is 0 Å². The largest absolute Gasteiger partial charge is 0.368 e. The minimum Gasteiger partial charge on any atom is -0.368 e. The summed E-state index contributed by atoms with van der Waals surface area (Å²) in [5.41, 5.74) is 7.38. The van der Waals surface area contributed by atoms with Gasteiger partial charge in [0.25, 0.3) is 0 Å². The van der Waals surface area contributed by atoms with Crippen LogP contribution in [-0.4, -0.2) is 19.9 Å². The molecule has 0 atom stereocenters. The number of rotatable bonds is 2. The molecule has 6 heteroatoms. The van der Waals surface area contributed by atoms with Crippen LogP contribution in [0.5, 0.6) is 0 Å². The zero-order chi connectivity index (χ0) is 11.5. The van der Waals surface area contributed by atoms with E-state index in [0.29, 0.717) is 5.16 Å². The zero-order valence-corrected chi connectivity index (χ0v) is 9.82. The van der Waals surface area contributed by atoms with Crippen molar-refractivity contribution in [2.75, 3.05) is 5.73 Å². The molecule has 0 unspecified atom stereocenters. The summed E-state index contributed by atoms with van der Waals surface area (Å²) in [5.74, 6) is 0.259. The Balaban J connectivity index is 2.27. The molecule has 5 nitrogen and oxygen atoms in total. The molecule has 0 spiro atoms. The number of hydrogen-bond acceptors (Lipinski definition) is 6. The molecule has 0 amide bonds. The quantitative estimate of drug-likeness (QED) is 0.627. The normalized spacial score (nSPS) is 10.4. The molecule has 2 aromatic rings. The third kappa shape index (κ3) is 2.66. The molecule has 0 aliphatic carbocycles. The zero-order valence-electron chi connectivity index (χ0n) is 9.01. The third-order valence-electron chi connectivity index (χ3n) is 1.81. The first-order valence-corrected chi connectivity index (χ1v) is 5.54. The van der Waals surface area contributed by atoms with E-state index >= 15 is 0 Å². The fourth-order valence-corrected chi connectivity index (χ4v) is 2.08. The second kappa shape index (κ2) is 4.44. The van der Waals surface area contributed by atoms with E-state index in [1.165, 1.54) is 11.8 Å². The van der Waals surface area contributed by atoms with Gasteiger partial charge in [-0.3, -0.25) is 0 Å². The lowest BCUT2D eigenvalue weighted by Crippen LogP contribution is -1.96. The van der Waals surface area contributed by atoms with E-state index in [9.17, 15) is 0 Å². The summed E-state index contributed by atoms with van der Waals surface area (Å²) in [6.07, 6.45) is 1.62. The third-order valence-corrected chi connectivity index (χ3v) is 2.61. The van der Waals surface area contributed by atoms with Gasteiger partial charge in [-0.05, 0) is 37.7 Å². The Morgan fingerprint density at radius 3 is 2.44 bits per heavy atom. The summed E-state index contributed by atoms with van der Waals surface area (Å²) < 4.78 is 0. The Bertz CT molecular complexity index is 494. The van der Waals surface area contributed by atoms with Crippen LogP contribution in [0.2, 0.25) is 0 Å². The molecule has 0 radical (unpaired) electrons. The Morgan fingerprint density at radius 1 is 1.12 bits per heavy atom. The summed E-state index contributed by atoms with van der Waals surface area (Å²) in [7, 11) is 0. The summed E-state index contributed by atoms with van der Waals surface area (Å²) in [6, 6.07) is 3.71. The van der Waals surface area contributed by atoms with Crippen LogP contribution < -0.4 is 5.73 Å². The van der Waals surface area contributed by atoms with Crippen LogP contribution in [0.1, 0.15) is 11.4 Å². The highest BCUT2D eigenvalue weighted by molar-refractivity contribution is 7.99. The van der Waals surface area contributed by atoms with Crippen LogP contribution in [0.3, 0.4) is 0 Å². The number of nitrogens with two attached hydrogens (primary N) is 1. The second-order valence-electron chi connectivity index (χ2n) is 3.29. The maximum atomic E-state index is 5.50. The van der Waals surface area contributed by atoms with Crippen molar-refractivity contribution in [2.45, 2.75) is 24.0 Å². The molecule has 0 aliphatic heterocycles. The van der Waals surface area contributed by atoms with E-state index in [0.717, 1.165) is 16.4 Å². The molecular weight excluding hydrogens is 222 g/mol. The molecule has 0 aliphatic rings. The van der Waals surface area contributed by atoms with E-state index in [1.807, 2.05) is 19.9 Å². The van der Waals surface area contributed by atoms with Gasteiger partial charge in [-0.2, -0.15) is 0 Å². The van der Waals surface area contributed by atoms with Crippen molar-refractivity contribution in [2.24, 2.45) is 0 Å². The van der Waals surface area contributed by atoms with Gasteiger partial charge in [0.05, 0.1) is 0 Å². The molecule has 0 saturated heterocycles. The van der Waals surface area contributed by atoms with Crippen LogP contribution in [0, 0.1) is 13.8 Å². The van der Waals surface area contributed by atoms with E-state index in [4.69, 9.17) is 5.73 Å². The van der Waals surface area contributed by atoms with Crippen molar-refractivity contribution < 1.29 is 0 Å². The highest BCUT2D eigenvalue weighted by Gasteiger charge is 2.04. The Hall–Kier alpha value is -1.69. The van der Waals surface area contributed by atoms with E-state index in [1.54, 1.807) is 12.3 Å². The van der Waals surface area contributed by atoms with Crippen molar-refractivity contribution in [3.63, 3.8) is 0 Å². The highest BCUT2D eigenvalue weighted by atomic mass is 32.2. The van der Waals surface area contributed by atoms with Crippen molar-refractivity contribution in [1.82, 2.24) is 19.9 Å². The van der Waals surface area contributed by atoms with Gasteiger partial charge in [0.2, 0.25) is 5.95 Å². The van der Waals surface area contributed by atoms with Crippen LogP contribution >= 0.6 is 11.8 Å². The molecule has 16 heavy (non-hydrogen) atoms. The number of nitrogen functional groups attached to an aromatic ring is 1. The predicted octanol–water partition coefficient (Wildman–Crippen LogP) is 1.62. The van der Waals surface area contributed by atoms with Gasteiger partial charge in [-0.1, -0.05) is 0 Å². The van der Waals surface area contributed by atoms with E-state index in [-0.39, 0.29) is 5.95 Å². The van der Waals surface area contributed by atoms with Gasteiger partial charge in [0, 0.05) is 17.6 Å². The topological polar surface area (TPSA) is 77.6 Å². The Kier molecular flexibility index (Phi) is 3.00. The summed E-state index contributed by atoms with van der Waals surface area (Å²) in [4.78, 5) is 16.5. The number of hydrogen-bond donors (Lipinski definition) is 1. The molecule has 0 bridgehead atoms. The van der Waals surface area contributed by atoms with Gasteiger partial charge in [0.15, 0.2) is 5.16 Å². The fourth-order valence-electron chi connectivity index (χ4n) is 1.25. The van der Waals surface area contributed by atoms with Crippen LogP contribution in [0.4, 0.5) is 5.95 Å². The summed E-state index contributed by atoms with van der Waals surface area (Å²) >= 11 is 1.38.